The van der Waals surface area contributed by atoms with Gasteiger partial charge in [0, 0.05) is 17.7 Å². The van der Waals surface area contributed by atoms with Gasteiger partial charge in [0.15, 0.2) is 0 Å². The van der Waals surface area contributed by atoms with E-state index in [0.717, 1.165) is 24.8 Å². The first kappa shape index (κ1) is 37.1. The third-order valence-corrected chi connectivity index (χ3v) is 8.33. The van der Waals surface area contributed by atoms with E-state index in [9.17, 15) is 24.9 Å². The third-order valence-electron chi connectivity index (χ3n) is 7.48. The molecule has 3 unspecified atom stereocenters. The molecule has 7 atom stereocenters. The molecular weight excluding hydrogens is 518 g/mol. The number of thiazole rings is 1. The van der Waals surface area contributed by atoms with Crippen LogP contribution in [-0.2, 0) is 25.7 Å². The van der Waals surface area contributed by atoms with Crippen molar-refractivity contribution in [1.29, 1.82) is 0 Å². The Morgan fingerprint density at radius 1 is 1.18 bits per heavy atom. The Kier molecular flexibility index (Phi) is 15.6. The van der Waals surface area contributed by atoms with Crippen molar-refractivity contribution in [2.24, 2.45) is 17.3 Å². The molecule has 0 saturated carbocycles. The molecule has 3 rings (SSSR count). The van der Waals surface area contributed by atoms with Crippen molar-refractivity contribution in [3.8, 4) is 0 Å². The number of epoxide rings is 1. The van der Waals surface area contributed by atoms with Crippen LogP contribution in [0.4, 0.5) is 0 Å². The highest BCUT2D eigenvalue weighted by atomic mass is 32.1. The Morgan fingerprint density at radius 3 is 2.41 bits per heavy atom. The minimum atomic E-state index is -1.25. The number of fused-ring (bicyclic) bond motifs is 1. The molecule has 1 aromatic heterocycles. The Labute approximate surface area is 239 Å². The highest BCUT2D eigenvalue weighted by Gasteiger charge is 2.44. The molecule has 3 N–H and O–H groups in total. The first-order chi connectivity index (χ1) is 17.4. The molecule has 0 aromatic carbocycles. The number of carbonyl (C=O) groups is 2. The molecular formula is C30H51NO7S. The SMILES string of the molecule is C.C.C/C(=C\c1csc(CO)n1)[C@@H]1C[C@@H]2O[C@@H]2CCCC(C)[C@H](O)C(C)C(=O)C(C)(C)C(O)CC(=O)O1.C=C. The predicted molar refractivity (Wildman–Crippen MR) is 157 cm³/mol. The van der Waals surface area contributed by atoms with E-state index < -0.39 is 35.6 Å². The highest BCUT2D eigenvalue weighted by molar-refractivity contribution is 7.09. The Morgan fingerprint density at radius 2 is 1.82 bits per heavy atom. The van der Waals surface area contributed by atoms with Crippen molar-refractivity contribution >= 4 is 29.2 Å². The Hall–Kier alpha value is -1.91. The molecule has 2 saturated heterocycles. The van der Waals surface area contributed by atoms with Crippen molar-refractivity contribution in [2.45, 2.75) is 119 Å². The highest BCUT2D eigenvalue weighted by Crippen LogP contribution is 2.36. The number of Topliss-reactive ketones (excluding diaryl/α,β-unsaturated/α-hetero) is 1. The fourth-order valence-electron chi connectivity index (χ4n) is 4.80. The first-order valence-corrected chi connectivity index (χ1v) is 13.8. The lowest BCUT2D eigenvalue weighted by Crippen LogP contribution is -2.45. The number of carbonyl (C=O) groups excluding carboxylic acids is 2. The lowest BCUT2D eigenvalue weighted by atomic mass is 9.73. The van der Waals surface area contributed by atoms with E-state index in [1.54, 1.807) is 20.8 Å². The number of nitrogens with zero attached hydrogens (tertiary/aromatic N) is 1. The van der Waals surface area contributed by atoms with Crippen LogP contribution >= 0.6 is 11.3 Å². The second kappa shape index (κ2) is 16.4. The van der Waals surface area contributed by atoms with Gasteiger partial charge in [0.25, 0.3) is 0 Å². The number of esters is 1. The van der Waals surface area contributed by atoms with Crippen LogP contribution in [0.15, 0.2) is 24.1 Å². The average Bonchev–Trinajstić information content (AvgIpc) is 3.44. The summed E-state index contributed by atoms with van der Waals surface area (Å²) in [6.07, 6.45) is 1.86. The summed E-state index contributed by atoms with van der Waals surface area (Å²) >= 11 is 1.35. The van der Waals surface area contributed by atoms with Crippen LogP contribution < -0.4 is 0 Å². The molecule has 1 aromatic rings. The summed E-state index contributed by atoms with van der Waals surface area (Å²) < 4.78 is 11.7. The van der Waals surface area contributed by atoms with Gasteiger partial charge < -0.3 is 24.8 Å². The number of aliphatic hydroxyl groups excluding tert-OH is 3. The maximum atomic E-state index is 13.2. The smallest absolute Gasteiger partial charge is 0.309 e. The molecule has 0 spiro atoms. The molecule has 39 heavy (non-hydrogen) atoms. The topological polar surface area (TPSA) is 129 Å². The van der Waals surface area contributed by atoms with Crippen LogP contribution in [0.1, 0.15) is 92.3 Å². The van der Waals surface area contributed by atoms with Crippen molar-refractivity contribution in [1.82, 2.24) is 4.98 Å². The standard InChI is InChI=1S/C26H39NO7S.C2H4.2CH4/c1-14-7-6-8-18-20(33-18)10-19(15(2)9-17-13-35-22(12-28)27-17)34-23(30)11-21(29)26(4,5)25(32)16(3)24(14)31;1-2;;/h9,13-14,16,18-21,24,28-29,31H,6-8,10-12H2,1-5H3;1-2H2;2*1H4/b15-9+;;;/t14?,16?,18-,19+,20+,21?,24+;;;/m1.../s1. The maximum absolute atomic E-state index is 13.2. The van der Waals surface area contributed by atoms with Gasteiger partial charge in [-0.05, 0) is 37.3 Å². The van der Waals surface area contributed by atoms with Crippen LogP contribution in [0.5, 0.6) is 0 Å². The lowest BCUT2D eigenvalue weighted by molar-refractivity contribution is -0.154. The number of ether oxygens (including phenoxy) is 2. The summed E-state index contributed by atoms with van der Waals surface area (Å²) in [6, 6.07) is 0. The third kappa shape index (κ3) is 9.90. The van der Waals surface area contributed by atoms with Crippen molar-refractivity contribution < 1.29 is 34.4 Å². The summed E-state index contributed by atoms with van der Waals surface area (Å²) in [4.78, 5) is 30.4. The minimum absolute atomic E-state index is 0. The summed E-state index contributed by atoms with van der Waals surface area (Å²) in [7, 11) is 0. The van der Waals surface area contributed by atoms with Gasteiger partial charge in [0.1, 0.15) is 16.9 Å². The van der Waals surface area contributed by atoms with Gasteiger partial charge in [0.2, 0.25) is 0 Å². The Bertz CT molecular complexity index is 943. The van der Waals surface area contributed by atoms with Crippen LogP contribution in [0.25, 0.3) is 6.08 Å². The van der Waals surface area contributed by atoms with Gasteiger partial charge >= 0.3 is 5.97 Å². The number of hydrogen-bond acceptors (Lipinski definition) is 9. The van der Waals surface area contributed by atoms with Crippen molar-refractivity contribution in [2.75, 3.05) is 0 Å². The molecule has 0 bridgehead atoms. The van der Waals surface area contributed by atoms with Crippen LogP contribution in [0, 0.1) is 17.3 Å². The fraction of sp³-hybridized carbons (Fsp3) is 0.700. The van der Waals surface area contributed by atoms with Crippen LogP contribution in [-0.4, -0.2) is 62.6 Å². The molecule has 224 valence electrons. The maximum Gasteiger partial charge on any atom is 0.309 e. The van der Waals surface area contributed by atoms with Gasteiger partial charge in [-0.15, -0.1) is 24.5 Å². The molecule has 2 aliphatic heterocycles. The van der Waals surface area contributed by atoms with Crippen molar-refractivity contribution in [3.05, 3.63) is 34.8 Å². The monoisotopic (exact) mass is 569 g/mol. The molecule has 8 nitrogen and oxygen atoms in total. The zero-order valence-corrected chi connectivity index (χ0v) is 23.5. The minimum Gasteiger partial charge on any atom is -0.458 e. The molecule has 3 heterocycles. The van der Waals surface area contributed by atoms with Gasteiger partial charge in [-0.3, -0.25) is 9.59 Å². The fourth-order valence-corrected chi connectivity index (χ4v) is 5.41. The van der Waals surface area contributed by atoms with E-state index in [2.05, 4.69) is 18.1 Å². The second-order valence-corrected chi connectivity index (χ2v) is 11.6. The summed E-state index contributed by atoms with van der Waals surface area (Å²) in [6.45, 7) is 14.6. The first-order valence-electron chi connectivity index (χ1n) is 12.9. The molecule has 9 heteroatoms. The molecule has 2 aliphatic rings. The second-order valence-electron chi connectivity index (χ2n) is 10.6. The van der Waals surface area contributed by atoms with E-state index in [-0.39, 0.29) is 51.8 Å². The summed E-state index contributed by atoms with van der Waals surface area (Å²) in [5.41, 5.74) is 0.253. The summed E-state index contributed by atoms with van der Waals surface area (Å²) in [5.74, 6) is -1.61. The zero-order chi connectivity index (χ0) is 27.9. The Balaban J connectivity index is 0.00000353. The van der Waals surface area contributed by atoms with Gasteiger partial charge in [0.05, 0.1) is 48.6 Å². The lowest BCUT2D eigenvalue weighted by Gasteiger charge is -2.34. The molecule has 0 radical (unpaired) electrons. The number of ketones is 1. The number of aromatic nitrogens is 1. The predicted octanol–water partition coefficient (Wildman–Crippen LogP) is 5.35. The summed E-state index contributed by atoms with van der Waals surface area (Å²) in [5, 5.41) is 33.3. The van der Waals surface area contributed by atoms with Gasteiger partial charge in [-0.2, -0.15) is 0 Å². The van der Waals surface area contributed by atoms with E-state index >= 15 is 0 Å². The largest absolute Gasteiger partial charge is 0.458 e. The molecule has 0 aliphatic carbocycles. The number of aliphatic hydroxyl groups is 3. The van der Waals surface area contributed by atoms with Gasteiger partial charge in [-0.1, -0.05) is 49.0 Å². The normalized spacial score (nSPS) is 31.8. The number of cyclic esters (lactones) is 1. The van der Waals surface area contributed by atoms with E-state index in [4.69, 9.17) is 9.47 Å². The number of rotatable bonds is 3. The average molecular weight is 570 g/mol. The van der Waals surface area contributed by atoms with Crippen LogP contribution in [0.2, 0.25) is 0 Å². The van der Waals surface area contributed by atoms with E-state index in [1.165, 1.54) is 11.3 Å². The van der Waals surface area contributed by atoms with Crippen molar-refractivity contribution in [3.63, 3.8) is 0 Å². The molecule has 2 fully saturated rings. The molecule has 0 amide bonds. The van der Waals surface area contributed by atoms with E-state index in [1.807, 2.05) is 25.3 Å². The zero-order valence-electron chi connectivity index (χ0n) is 22.7. The van der Waals surface area contributed by atoms with Gasteiger partial charge in [-0.25, -0.2) is 4.98 Å². The quantitative estimate of drug-likeness (QED) is 0.253. The van der Waals surface area contributed by atoms with Crippen LogP contribution in [0.3, 0.4) is 0 Å². The van der Waals surface area contributed by atoms with E-state index in [0.29, 0.717) is 17.1 Å². The number of hydrogen-bond donors (Lipinski definition) is 3.